The molecule has 0 aliphatic carbocycles. The van der Waals surface area contributed by atoms with Gasteiger partial charge in [-0.1, -0.05) is 6.07 Å². The lowest BCUT2D eigenvalue weighted by Gasteiger charge is -2.02. The van der Waals surface area contributed by atoms with Crippen LogP contribution in [-0.4, -0.2) is 17.1 Å². The number of aromatic amines is 1. The third kappa shape index (κ3) is 2.36. The summed E-state index contributed by atoms with van der Waals surface area (Å²) in [4.78, 5) is 7.71. The van der Waals surface area contributed by atoms with Gasteiger partial charge in [0.2, 0.25) is 0 Å². The first kappa shape index (κ1) is 11.5. The van der Waals surface area contributed by atoms with Crippen LogP contribution in [0.5, 0.6) is 5.75 Å². The lowest BCUT2D eigenvalue weighted by atomic mass is 10.1. The second-order valence-electron chi connectivity index (χ2n) is 4.23. The van der Waals surface area contributed by atoms with Crippen molar-refractivity contribution < 1.29 is 4.74 Å². The van der Waals surface area contributed by atoms with E-state index in [1.54, 1.807) is 13.3 Å². The van der Waals surface area contributed by atoms with Crippen molar-refractivity contribution in [1.29, 1.82) is 0 Å². The van der Waals surface area contributed by atoms with Gasteiger partial charge in [-0.3, -0.25) is 4.98 Å². The van der Waals surface area contributed by atoms with Crippen molar-refractivity contribution in [3.05, 3.63) is 60.8 Å². The standard InChI is InChI=1S/C16H14N2O/c1-19-13-7-5-12(6-8-13)14-9-10-16(18-14)15-4-2-3-11-17-15/h2-11,18H,1H3. The Bertz CT molecular complexity index is 657. The van der Waals surface area contributed by atoms with Gasteiger partial charge in [0.25, 0.3) is 0 Å². The number of benzene rings is 1. The Labute approximate surface area is 111 Å². The van der Waals surface area contributed by atoms with Crippen molar-refractivity contribution in [2.75, 3.05) is 7.11 Å². The predicted molar refractivity (Wildman–Crippen MR) is 76.0 cm³/mol. The normalized spacial score (nSPS) is 10.4. The van der Waals surface area contributed by atoms with E-state index >= 15 is 0 Å². The molecule has 3 nitrogen and oxygen atoms in total. The number of nitrogens with zero attached hydrogens (tertiary/aromatic N) is 1. The summed E-state index contributed by atoms with van der Waals surface area (Å²) in [5.74, 6) is 0.861. The van der Waals surface area contributed by atoms with Gasteiger partial charge in [0.05, 0.1) is 18.5 Å². The van der Waals surface area contributed by atoms with Crippen LogP contribution in [0.2, 0.25) is 0 Å². The largest absolute Gasteiger partial charge is 0.497 e. The van der Waals surface area contributed by atoms with Crippen LogP contribution in [0, 0.1) is 0 Å². The van der Waals surface area contributed by atoms with Crippen LogP contribution in [0.1, 0.15) is 0 Å². The van der Waals surface area contributed by atoms with Gasteiger partial charge >= 0.3 is 0 Å². The summed E-state index contributed by atoms with van der Waals surface area (Å²) in [5.41, 5.74) is 4.17. The molecule has 0 aliphatic rings. The number of ether oxygens (including phenoxy) is 1. The highest BCUT2D eigenvalue weighted by atomic mass is 16.5. The average Bonchev–Trinajstić information content (AvgIpc) is 2.98. The first-order valence-corrected chi connectivity index (χ1v) is 6.11. The zero-order valence-corrected chi connectivity index (χ0v) is 10.6. The van der Waals surface area contributed by atoms with Gasteiger partial charge < -0.3 is 9.72 Å². The molecule has 1 aromatic carbocycles. The fraction of sp³-hybridized carbons (Fsp3) is 0.0625. The fourth-order valence-corrected chi connectivity index (χ4v) is 2.01. The van der Waals surface area contributed by atoms with Gasteiger partial charge in [-0.15, -0.1) is 0 Å². The minimum atomic E-state index is 0.861. The quantitative estimate of drug-likeness (QED) is 0.768. The average molecular weight is 250 g/mol. The molecule has 2 heterocycles. The first-order chi connectivity index (χ1) is 9.36. The maximum atomic E-state index is 5.16. The summed E-state index contributed by atoms with van der Waals surface area (Å²) in [6.45, 7) is 0. The molecule has 0 unspecified atom stereocenters. The number of rotatable bonds is 3. The molecule has 0 amide bonds. The molecule has 0 atom stereocenters. The van der Waals surface area contributed by atoms with E-state index < -0.39 is 0 Å². The van der Waals surface area contributed by atoms with Gasteiger partial charge in [0.1, 0.15) is 5.75 Å². The van der Waals surface area contributed by atoms with Crippen LogP contribution in [0.25, 0.3) is 22.6 Å². The highest BCUT2D eigenvalue weighted by molar-refractivity contribution is 5.66. The molecule has 0 spiro atoms. The second kappa shape index (κ2) is 4.98. The molecule has 2 aromatic heterocycles. The Hall–Kier alpha value is -2.55. The fourth-order valence-electron chi connectivity index (χ4n) is 2.01. The predicted octanol–water partition coefficient (Wildman–Crippen LogP) is 3.75. The van der Waals surface area contributed by atoms with E-state index in [0.717, 1.165) is 28.4 Å². The minimum absolute atomic E-state index is 0.861. The zero-order chi connectivity index (χ0) is 13.1. The lowest BCUT2D eigenvalue weighted by Crippen LogP contribution is -1.84. The Morgan fingerprint density at radius 3 is 2.37 bits per heavy atom. The number of pyridine rings is 1. The van der Waals surface area contributed by atoms with Crippen LogP contribution in [0.3, 0.4) is 0 Å². The van der Waals surface area contributed by atoms with Crippen LogP contribution in [-0.2, 0) is 0 Å². The first-order valence-electron chi connectivity index (χ1n) is 6.11. The van der Waals surface area contributed by atoms with Crippen molar-refractivity contribution in [3.8, 4) is 28.4 Å². The lowest BCUT2D eigenvalue weighted by molar-refractivity contribution is 0.415. The van der Waals surface area contributed by atoms with Crippen molar-refractivity contribution >= 4 is 0 Å². The summed E-state index contributed by atoms with van der Waals surface area (Å²) in [6, 6.07) is 18.0. The molecular formula is C16H14N2O. The number of methoxy groups -OCH3 is 1. The number of nitrogens with one attached hydrogen (secondary N) is 1. The molecule has 3 rings (SSSR count). The minimum Gasteiger partial charge on any atom is -0.497 e. The van der Waals surface area contributed by atoms with Crippen molar-refractivity contribution in [2.45, 2.75) is 0 Å². The molecule has 1 N–H and O–H groups in total. The Morgan fingerprint density at radius 2 is 1.68 bits per heavy atom. The molecule has 0 fully saturated rings. The van der Waals surface area contributed by atoms with Crippen LogP contribution in [0.4, 0.5) is 0 Å². The molecule has 3 heteroatoms. The molecule has 3 aromatic rings. The number of hydrogen-bond acceptors (Lipinski definition) is 2. The van der Waals surface area contributed by atoms with E-state index in [2.05, 4.69) is 16.0 Å². The van der Waals surface area contributed by atoms with E-state index in [1.807, 2.05) is 48.5 Å². The highest BCUT2D eigenvalue weighted by Crippen LogP contribution is 2.24. The van der Waals surface area contributed by atoms with Crippen molar-refractivity contribution in [2.24, 2.45) is 0 Å². The maximum absolute atomic E-state index is 5.16. The summed E-state index contributed by atoms with van der Waals surface area (Å²) in [5, 5.41) is 0. The maximum Gasteiger partial charge on any atom is 0.118 e. The SMILES string of the molecule is COc1ccc(-c2ccc(-c3ccccn3)[nH]2)cc1. The van der Waals surface area contributed by atoms with Crippen LogP contribution < -0.4 is 4.74 Å². The molecule has 94 valence electrons. The summed E-state index contributed by atoms with van der Waals surface area (Å²) < 4.78 is 5.16. The van der Waals surface area contributed by atoms with Gasteiger partial charge in [0.15, 0.2) is 0 Å². The van der Waals surface area contributed by atoms with Gasteiger partial charge in [-0.05, 0) is 54.1 Å². The Kier molecular flexibility index (Phi) is 3.02. The Morgan fingerprint density at radius 1 is 0.895 bits per heavy atom. The number of H-pyrrole nitrogens is 1. The molecular weight excluding hydrogens is 236 g/mol. The van der Waals surface area contributed by atoms with Gasteiger partial charge in [-0.25, -0.2) is 0 Å². The molecule has 0 saturated carbocycles. The molecule has 0 aliphatic heterocycles. The second-order valence-corrected chi connectivity index (χ2v) is 4.23. The topological polar surface area (TPSA) is 37.9 Å². The van der Waals surface area contributed by atoms with E-state index in [4.69, 9.17) is 4.74 Å². The van der Waals surface area contributed by atoms with E-state index in [0.29, 0.717) is 0 Å². The van der Waals surface area contributed by atoms with E-state index in [-0.39, 0.29) is 0 Å². The summed E-state index contributed by atoms with van der Waals surface area (Å²) in [6.07, 6.45) is 1.79. The third-order valence-corrected chi connectivity index (χ3v) is 3.03. The van der Waals surface area contributed by atoms with Crippen molar-refractivity contribution in [3.63, 3.8) is 0 Å². The third-order valence-electron chi connectivity index (χ3n) is 3.03. The van der Waals surface area contributed by atoms with E-state index in [1.165, 1.54) is 0 Å². The smallest absolute Gasteiger partial charge is 0.118 e. The molecule has 0 radical (unpaired) electrons. The number of hydrogen-bond donors (Lipinski definition) is 1. The van der Waals surface area contributed by atoms with E-state index in [9.17, 15) is 0 Å². The number of aromatic nitrogens is 2. The highest BCUT2D eigenvalue weighted by Gasteiger charge is 2.04. The van der Waals surface area contributed by atoms with Crippen LogP contribution in [0.15, 0.2) is 60.8 Å². The zero-order valence-electron chi connectivity index (χ0n) is 10.6. The molecule has 19 heavy (non-hydrogen) atoms. The summed E-state index contributed by atoms with van der Waals surface area (Å²) in [7, 11) is 1.67. The van der Waals surface area contributed by atoms with Gasteiger partial charge in [0, 0.05) is 11.9 Å². The molecule has 0 bridgehead atoms. The monoisotopic (exact) mass is 250 g/mol. The Balaban J connectivity index is 1.92. The van der Waals surface area contributed by atoms with Crippen LogP contribution >= 0.6 is 0 Å². The van der Waals surface area contributed by atoms with Crippen molar-refractivity contribution in [1.82, 2.24) is 9.97 Å². The molecule has 0 saturated heterocycles. The summed E-state index contributed by atoms with van der Waals surface area (Å²) >= 11 is 0. The van der Waals surface area contributed by atoms with Gasteiger partial charge in [-0.2, -0.15) is 0 Å².